The van der Waals surface area contributed by atoms with Gasteiger partial charge in [-0.25, -0.2) is 0 Å². The molecule has 2 unspecified atom stereocenters. The van der Waals surface area contributed by atoms with Crippen molar-refractivity contribution in [2.45, 2.75) is 51.6 Å². The second-order valence-electron chi connectivity index (χ2n) is 8.33. The third-order valence-corrected chi connectivity index (χ3v) is 6.39. The van der Waals surface area contributed by atoms with Crippen LogP contribution in [0.1, 0.15) is 66.3 Å². The molecule has 2 saturated heterocycles. The topological polar surface area (TPSA) is 56.6 Å². The van der Waals surface area contributed by atoms with Crippen LogP contribution in [0.25, 0.3) is 0 Å². The number of aromatic nitrogens is 2. The van der Waals surface area contributed by atoms with Crippen LogP contribution >= 0.6 is 0 Å². The lowest BCUT2D eigenvalue weighted by atomic mass is 9.89. The normalized spacial score (nSPS) is 23.2. The van der Waals surface area contributed by atoms with Crippen LogP contribution in [0.3, 0.4) is 0 Å². The summed E-state index contributed by atoms with van der Waals surface area (Å²) in [6.07, 6.45) is 5.69. The maximum Gasteiger partial charge on any atom is 0.257 e. The Morgan fingerprint density at radius 3 is 2.69 bits per heavy atom. The maximum atomic E-state index is 13.7. The fourth-order valence-corrected chi connectivity index (χ4v) is 4.73. The van der Waals surface area contributed by atoms with Crippen LogP contribution in [-0.4, -0.2) is 47.5 Å². The van der Waals surface area contributed by atoms with Crippen LogP contribution < -0.4 is 4.74 Å². The summed E-state index contributed by atoms with van der Waals surface area (Å²) in [4.78, 5) is 15.7. The minimum atomic E-state index is 0.0284. The van der Waals surface area contributed by atoms with Crippen molar-refractivity contribution in [2.24, 2.45) is 5.92 Å². The Kier molecular flexibility index (Phi) is 5.90. The fraction of sp³-hybridized carbons (Fsp3) is 0.565. The maximum absolute atomic E-state index is 13.7. The summed E-state index contributed by atoms with van der Waals surface area (Å²) in [5.41, 5.74) is 2.76. The number of piperidine rings is 1. The average molecular weight is 398 g/mol. The van der Waals surface area contributed by atoms with Gasteiger partial charge >= 0.3 is 0 Å². The van der Waals surface area contributed by atoms with Crippen molar-refractivity contribution in [3.05, 3.63) is 47.3 Å². The van der Waals surface area contributed by atoms with Crippen molar-refractivity contribution in [3.63, 3.8) is 0 Å². The van der Waals surface area contributed by atoms with E-state index in [1.807, 2.05) is 34.7 Å². The highest BCUT2D eigenvalue weighted by Gasteiger charge is 2.34. The first-order chi connectivity index (χ1) is 14.1. The van der Waals surface area contributed by atoms with Crippen molar-refractivity contribution in [1.29, 1.82) is 0 Å². The van der Waals surface area contributed by atoms with E-state index >= 15 is 0 Å². The molecular formula is C23H31N3O3. The number of carbonyl (C=O) groups excluding carboxylic acids is 1. The van der Waals surface area contributed by atoms with Crippen molar-refractivity contribution in [2.75, 3.05) is 26.9 Å². The molecule has 0 bridgehead atoms. The molecule has 1 aromatic heterocycles. The number of likely N-dealkylation sites (tertiary alicyclic amines) is 1. The minimum Gasteiger partial charge on any atom is -0.496 e. The largest absolute Gasteiger partial charge is 0.496 e. The Bertz CT molecular complexity index is 857. The molecule has 156 valence electrons. The molecule has 0 spiro atoms. The van der Waals surface area contributed by atoms with Gasteiger partial charge in [0.25, 0.3) is 5.91 Å². The molecule has 3 heterocycles. The van der Waals surface area contributed by atoms with Crippen LogP contribution in [0.5, 0.6) is 5.75 Å². The third kappa shape index (κ3) is 3.90. The summed E-state index contributed by atoms with van der Waals surface area (Å²) in [5.74, 6) is 1.40. The number of hydrogen-bond donors (Lipinski definition) is 0. The molecule has 6 heteroatoms. The molecule has 2 aliphatic rings. The molecule has 0 saturated carbocycles. The van der Waals surface area contributed by atoms with Gasteiger partial charge in [-0.1, -0.05) is 25.1 Å². The summed E-state index contributed by atoms with van der Waals surface area (Å²) in [5, 5.41) is 4.59. The molecule has 4 rings (SSSR count). The van der Waals surface area contributed by atoms with E-state index in [2.05, 4.69) is 18.1 Å². The van der Waals surface area contributed by atoms with Gasteiger partial charge in [-0.05, 0) is 44.6 Å². The first kappa shape index (κ1) is 20.0. The van der Waals surface area contributed by atoms with Gasteiger partial charge in [0.15, 0.2) is 0 Å². The van der Waals surface area contributed by atoms with E-state index in [0.717, 1.165) is 62.4 Å². The van der Waals surface area contributed by atoms with Crippen molar-refractivity contribution < 1.29 is 14.3 Å². The molecule has 1 aromatic carbocycles. The Morgan fingerprint density at radius 1 is 1.17 bits per heavy atom. The molecule has 2 atom stereocenters. The zero-order valence-corrected chi connectivity index (χ0v) is 17.6. The lowest BCUT2D eigenvalue weighted by Crippen LogP contribution is -2.42. The van der Waals surface area contributed by atoms with E-state index < -0.39 is 0 Å². The van der Waals surface area contributed by atoms with Gasteiger partial charge in [0, 0.05) is 31.0 Å². The molecular weight excluding hydrogens is 366 g/mol. The average Bonchev–Trinajstić information content (AvgIpc) is 3.15. The number of para-hydroxylation sites is 1. The molecule has 1 amide bonds. The number of carbonyl (C=O) groups is 1. The van der Waals surface area contributed by atoms with Gasteiger partial charge in [0.1, 0.15) is 5.75 Å². The summed E-state index contributed by atoms with van der Waals surface area (Å²) < 4.78 is 13.1. The van der Waals surface area contributed by atoms with Crippen LogP contribution in [-0.2, 0) is 4.74 Å². The molecule has 0 aliphatic carbocycles. The number of ether oxygens (including phenoxy) is 2. The Hall–Kier alpha value is -2.34. The first-order valence-electron chi connectivity index (χ1n) is 10.7. The van der Waals surface area contributed by atoms with Crippen molar-refractivity contribution in [3.8, 4) is 5.75 Å². The number of rotatable bonds is 4. The van der Waals surface area contributed by atoms with E-state index in [4.69, 9.17) is 9.47 Å². The molecule has 2 aliphatic heterocycles. The summed E-state index contributed by atoms with van der Waals surface area (Å²) in [6, 6.07) is 8.40. The highest BCUT2D eigenvalue weighted by molar-refractivity contribution is 5.95. The summed E-state index contributed by atoms with van der Waals surface area (Å²) in [7, 11) is 1.69. The van der Waals surface area contributed by atoms with Crippen molar-refractivity contribution in [1.82, 2.24) is 14.7 Å². The molecule has 29 heavy (non-hydrogen) atoms. The number of amides is 1. The van der Waals surface area contributed by atoms with Gasteiger partial charge in [0.05, 0.1) is 31.0 Å². The first-order valence-corrected chi connectivity index (χ1v) is 10.7. The van der Waals surface area contributed by atoms with E-state index in [0.29, 0.717) is 17.5 Å². The number of hydrogen-bond acceptors (Lipinski definition) is 4. The van der Waals surface area contributed by atoms with Crippen molar-refractivity contribution >= 4 is 5.91 Å². The van der Waals surface area contributed by atoms with Gasteiger partial charge < -0.3 is 14.4 Å². The number of nitrogens with zero attached hydrogens (tertiary/aromatic N) is 3. The fourth-order valence-electron chi connectivity index (χ4n) is 4.73. The highest BCUT2D eigenvalue weighted by atomic mass is 16.5. The van der Waals surface area contributed by atoms with Gasteiger partial charge in [-0.15, -0.1) is 0 Å². The lowest BCUT2D eigenvalue weighted by Gasteiger charge is -2.39. The van der Waals surface area contributed by atoms with Crippen LogP contribution in [0.15, 0.2) is 30.5 Å². The SMILES string of the molecule is COc1ccccc1C1CCC(C)CN1C(=O)c1cnn(C2CCOCC2)c1C. The minimum absolute atomic E-state index is 0.0284. The van der Waals surface area contributed by atoms with Gasteiger partial charge in [0.2, 0.25) is 0 Å². The standard InChI is InChI=1S/C23H31N3O3/c1-16-8-9-21(19-6-4-5-7-22(19)28-3)25(15-16)23(27)20-14-24-26(17(20)2)18-10-12-29-13-11-18/h4-7,14,16,18,21H,8-13,15H2,1-3H3. The predicted molar refractivity (Wildman–Crippen MR) is 111 cm³/mol. The Morgan fingerprint density at radius 2 is 1.93 bits per heavy atom. The zero-order valence-electron chi connectivity index (χ0n) is 17.6. The molecule has 2 aromatic rings. The smallest absolute Gasteiger partial charge is 0.257 e. The van der Waals surface area contributed by atoms with Crippen LogP contribution in [0.2, 0.25) is 0 Å². The van der Waals surface area contributed by atoms with E-state index in [-0.39, 0.29) is 11.9 Å². The quantitative estimate of drug-likeness (QED) is 0.777. The van der Waals surface area contributed by atoms with Crippen LogP contribution in [0, 0.1) is 12.8 Å². The van der Waals surface area contributed by atoms with Gasteiger partial charge in [-0.2, -0.15) is 5.10 Å². The summed E-state index contributed by atoms with van der Waals surface area (Å²) >= 11 is 0. The second-order valence-corrected chi connectivity index (χ2v) is 8.33. The zero-order chi connectivity index (χ0) is 20.4. The van der Waals surface area contributed by atoms with Crippen LogP contribution in [0.4, 0.5) is 0 Å². The van der Waals surface area contributed by atoms with E-state index in [1.165, 1.54) is 0 Å². The molecule has 2 fully saturated rings. The lowest BCUT2D eigenvalue weighted by molar-refractivity contribution is 0.0538. The monoisotopic (exact) mass is 397 g/mol. The Labute approximate surface area is 172 Å². The third-order valence-electron chi connectivity index (χ3n) is 6.39. The molecule has 0 radical (unpaired) electrons. The highest BCUT2D eigenvalue weighted by Crippen LogP contribution is 2.38. The predicted octanol–water partition coefficient (Wildman–Crippen LogP) is 4.17. The second kappa shape index (κ2) is 8.57. The van der Waals surface area contributed by atoms with E-state index in [1.54, 1.807) is 13.3 Å². The number of methoxy groups -OCH3 is 1. The molecule has 0 N–H and O–H groups in total. The molecule has 6 nitrogen and oxygen atoms in total. The summed E-state index contributed by atoms with van der Waals surface area (Å²) in [6.45, 7) is 6.50. The van der Waals surface area contributed by atoms with E-state index in [9.17, 15) is 4.79 Å². The Balaban J connectivity index is 1.64. The number of benzene rings is 1. The van der Waals surface area contributed by atoms with Gasteiger partial charge in [-0.3, -0.25) is 9.48 Å².